The van der Waals surface area contributed by atoms with Crippen LogP contribution in [0.5, 0.6) is 0 Å². The van der Waals surface area contributed by atoms with E-state index in [1.807, 2.05) is 0 Å². The minimum atomic E-state index is -4.33. The van der Waals surface area contributed by atoms with Crippen LogP contribution in [0.4, 0.5) is 11.4 Å². The van der Waals surface area contributed by atoms with E-state index in [-0.39, 0.29) is 52.7 Å². The highest BCUT2D eigenvalue weighted by atomic mass is 32.2. The summed E-state index contributed by atoms with van der Waals surface area (Å²) in [5, 5.41) is 22.6. The number of sulfonamides is 1. The molecule has 2 heterocycles. The van der Waals surface area contributed by atoms with Crippen molar-refractivity contribution >= 4 is 48.2 Å². The van der Waals surface area contributed by atoms with E-state index in [0.29, 0.717) is 5.39 Å². The summed E-state index contributed by atoms with van der Waals surface area (Å²) in [5.74, 6) is -0.526. The molecule has 1 aliphatic rings. The van der Waals surface area contributed by atoms with Gasteiger partial charge in [-0.1, -0.05) is 30.3 Å². The van der Waals surface area contributed by atoms with Crippen molar-refractivity contribution in [1.29, 1.82) is 0 Å². The molecule has 3 aromatic carbocycles. The van der Waals surface area contributed by atoms with Crippen LogP contribution in [0, 0.1) is 20.2 Å². The van der Waals surface area contributed by atoms with Crippen molar-refractivity contribution in [2.75, 3.05) is 26.2 Å². The number of hydrogen-bond acceptors (Lipinski definition) is 9. The first-order valence-electron chi connectivity index (χ1n) is 12.1. The molecule has 0 atom stereocenters. The summed E-state index contributed by atoms with van der Waals surface area (Å²) >= 11 is 0. The van der Waals surface area contributed by atoms with Crippen LogP contribution in [0.25, 0.3) is 10.9 Å². The van der Waals surface area contributed by atoms with Crippen molar-refractivity contribution in [3.8, 4) is 0 Å². The number of carbonyl (C=O) groups excluding carboxylic acids is 1. The number of piperazine rings is 1. The molecule has 0 bridgehead atoms. The molecule has 1 amide bonds. The number of benzene rings is 3. The highest BCUT2D eigenvalue weighted by molar-refractivity contribution is 7.90. The smallest absolute Gasteiger partial charge is 0.270 e. The fourth-order valence-electron chi connectivity index (χ4n) is 4.60. The van der Waals surface area contributed by atoms with Gasteiger partial charge in [-0.3, -0.25) is 25.0 Å². The van der Waals surface area contributed by atoms with Crippen LogP contribution >= 0.6 is 0 Å². The molecular weight excluding hydrogens is 578 g/mol. The van der Waals surface area contributed by atoms with Gasteiger partial charge >= 0.3 is 0 Å². The van der Waals surface area contributed by atoms with Crippen LogP contribution < -0.4 is 0 Å². The Hall–Kier alpha value is -4.67. The largest absolute Gasteiger partial charge is 0.336 e. The molecule has 1 fully saturated rings. The summed E-state index contributed by atoms with van der Waals surface area (Å²) in [6, 6.07) is 15.6. The summed E-state index contributed by atoms with van der Waals surface area (Å²) in [5.41, 5.74) is -0.521. The number of carbonyl (C=O) groups is 1. The Balaban J connectivity index is 1.42. The number of aromatic nitrogens is 1. The Kier molecular flexibility index (Phi) is 7.06. The van der Waals surface area contributed by atoms with E-state index in [0.717, 1.165) is 26.6 Å². The Labute approximate surface area is 233 Å². The van der Waals surface area contributed by atoms with Gasteiger partial charge in [0, 0.05) is 62.0 Å². The molecule has 5 rings (SSSR count). The molecule has 1 saturated heterocycles. The predicted molar refractivity (Wildman–Crippen MR) is 145 cm³/mol. The van der Waals surface area contributed by atoms with Gasteiger partial charge < -0.3 is 4.90 Å². The van der Waals surface area contributed by atoms with Crippen molar-refractivity contribution in [2.45, 2.75) is 9.79 Å². The number of nitro groups is 2. The number of hydrogen-bond donors (Lipinski definition) is 0. The molecule has 0 spiro atoms. The van der Waals surface area contributed by atoms with Crippen LogP contribution in [0.3, 0.4) is 0 Å². The Bertz CT molecular complexity index is 1930. The lowest BCUT2D eigenvalue weighted by molar-refractivity contribution is -0.385. The molecule has 0 radical (unpaired) electrons. The monoisotopic (exact) mass is 599 g/mol. The van der Waals surface area contributed by atoms with E-state index in [2.05, 4.69) is 0 Å². The zero-order valence-corrected chi connectivity index (χ0v) is 22.7. The topological polar surface area (TPSA) is 183 Å². The molecule has 0 N–H and O–H groups in total. The molecule has 41 heavy (non-hydrogen) atoms. The number of para-hydroxylation sites is 1. The quantitative estimate of drug-likeness (QED) is 0.228. The van der Waals surface area contributed by atoms with Crippen molar-refractivity contribution in [3.05, 3.63) is 105 Å². The van der Waals surface area contributed by atoms with Crippen LogP contribution in [0.1, 0.15) is 10.4 Å². The molecule has 4 aromatic rings. The molecule has 1 aromatic heterocycles. The van der Waals surface area contributed by atoms with Gasteiger partial charge in [-0.25, -0.2) is 20.8 Å². The number of amides is 1. The van der Waals surface area contributed by atoms with Crippen molar-refractivity contribution < 1.29 is 31.5 Å². The Morgan fingerprint density at radius 1 is 0.707 bits per heavy atom. The number of nitro benzene ring substituents is 2. The van der Waals surface area contributed by atoms with Gasteiger partial charge in [-0.2, -0.15) is 4.31 Å². The lowest BCUT2D eigenvalue weighted by Gasteiger charge is -2.34. The maximum absolute atomic E-state index is 13.6. The van der Waals surface area contributed by atoms with E-state index < -0.39 is 41.5 Å². The highest BCUT2D eigenvalue weighted by Crippen LogP contribution is 2.29. The van der Waals surface area contributed by atoms with Gasteiger partial charge in [0.05, 0.1) is 30.7 Å². The summed E-state index contributed by atoms with van der Waals surface area (Å²) in [6.45, 7) is -0.184. The zero-order valence-electron chi connectivity index (χ0n) is 21.1. The van der Waals surface area contributed by atoms with Crippen molar-refractivity contribution in [3.63, 3.8) is 0 Å². The fraction of sp³-hybridized carbons (Fsp3) is 0.160. The molecule has 212 valence electrons. The Morgan fingerprint density at radius 2 is 1.24 bits per heavy atom. The average molecular weight is 600 g/mol. The number of fused-ring (bicyclic) bond motifs is 1. The van der Waals surface area contributed by atoms with Crippen LogP contribution in [0.15, 0.2) is 88.8 Å². The second-order valence-corrected chi connectivity index (χ2v) is 12.8. The van der Waals surface area contributed by atoms with Crippen LogP contribution in [0.2, 0.25) is 0 Å². The van der Waals surface area contributed by atoms with Gasteiger partial charge in [0.15, 0.2) is 0 Å². The first kappa shape index (κ1) is 27.9. The third-order valence-corrected chi connectivity index (χ3v) is 10.3. The van der Waals surface area contributed by atoms with E-state index >= 15 is 0 Å². The van der Waals surface area contributed by atoms with Gasteiger partial charge in [0.1, 0.15) is 0 Å². The lowest BCUT2D eigenvalue weighted by Crippen LogP contribution is -2.50. The summed E-state index contributed by atoms with van der Waals surface area (Å²) in [4.78, 5) is 35.3. The summed E-state index contributed by atoms with van der Waals surface area (Å²) in [6.07, 6.45) is 1.16. The van der Waals surface area contributed by atoms with E-state index in [1.54, 1.807) is 18.2 Å². The van der Waals surface area contributed by atoms with E-state index in [1.165, 1.54) is 47.4 Å². The first-order valence-corrected chi connectivity index (χ1v) is 14.9. The molecule has 0 unspecified atom stereocenters. The number of non-ortho nitro benzene ring substituents is 2. The normalized spacial score (nSPS) is 14.7. The zero-order chi connectivity index (χ0) is 29.5. The predicted octanol–water partition coefficient (Wildman–Crippen LogP) is 2.84. The van der Waals surface area contributed by atoms with Crippen molar-refractivity contribution in [2.24, 2.45) is 0 Å². The first-order chi connectivity index (χ1) is 19.4. The number of nitrogens with zero attached hydrogens (tertiary/aromatic N) is 5. The second-order valence-electron chi connectivity index (χ2n) is 9.07. The minimum absolute atomic E-state index is 0.00979. The third kappa shape index (κ3) is 5.03. The summed E-state index contributed by atoms with van der Waals surface area (Å²) in [7, 11) is -8.39. The van der Waals surface area contributed by atoms with Gasteiger partial charge in [0.2, 0.25) is 10.0 Å². The second kappa shape index (κ2) is 10.4. The van der Waals surface area contributed by atoms with Crippen LogP contribution in [-0.2, 0) is 20.0 Å². The fourth-order valence-corrected chi connectivity index (χ4v) is 7.47. The minimum Gasteiger partial charge on any atom is -0.336 e. The Morgan fingerprint density at radius 3 is 1.80 bits per heavy atom. The van der Waals surface area contributed by atoms with Crippen molar-refractivity contribution in [1.82, 2.24) is 13.2 Å². The molecule has 14 nitrogen and oxygen atoms in total. The molecule has 0 aliphatic carbocycles. The standard InChI is InChI=1S/C25H21N5O9S2/c31-25(26-11-13-27(14-12-26)40(36,37)20-7-3-5-18(15-20)29(32)33)23-17-28(24-10-2-1-9-22(23)24)41(38,39)21-8-4-6-19(16-21)30(34)35/h1-10,15-17H,11-14H2. The SMILES string of the molecule is O=C(c1cn(S(=O)(=O)c2cccc([N+](=O)[O-])c2)c2ccccc12)N1CCN(S(=O)(=O)c2cccc([N+](=O)[O-])c2)CC1. The summed E-state index contributed by atoms with van der Waals surface area (Å²) < 4.78 is 55.2. The van der Waals surface area contributed by atoms with Crippen LogP contribution in [-0.4, -0.2) is 71.9 Å². The molecule has 16 heteroatoms. The maximum atomic E-state index is 13.6. The average Bonchev–Trinajstić information content (AvgIpc) is 3.37. The number of rotatable bonds is 7. The maximum Gasteiger partial charge on any atom is 0.270 e. The lowest BCUT2D eigenvalue weighted by atomic mass is 10.1. The third-order valence-electron chi connectivity index (χ3n) is 6.69. The molecule has 0 saturated carbocycles. The van der Waals surface area contributed by atoms with Gasteiger partial charge in [-0.15, -0.1) is 0 Å². The molecular formula is C25H21N5O9S2. The van der Waals surface area contributed by atoms with E-state index in [9.17, 15) is 41.9 Å². The van der Waals surface area contributed by atoms with E-state index in [4.69, 9.17) is 0 Å². The molecule has 1 aliphatic heterocycles. The highest BCUT2D eigenvalue weighted by Gasteiger charge is 2.33. The van der Waals surface area contributed by atoms with Gasteiger partial charge in [0.25, 0.3) is 27.3 Å². The van der Waals surface area contributed by atoms with Gasteiger partial charge in [-0.05, 0) is 18.2 Å².